The van der Waals surface area contributed by atoms with Crippen molar-refractivity contribution in [2.24, 2.45) is 0 Å². The van der Waals surface area contributed by atoms with Crippen LogP contribution in [-0.2, 0) is 6.54 Å². The zero-order chi connectivity index (χ0) is 12.7. The van der Waals surface area contributed by atoms with Gasteiger partial charge in [-0.15, -0.1) is 0 Å². The molecule has 0 unspecified atom stereocenters. The molecular weight excluding hydrogens is 215 g/mol. The minimum atomic E-state index is -0.107. The molecule has 96 valence electrons. The molecule has 0 saturated carbocycles. The van der Waals surface area contributed by atoms with E-state index in [1.165, 1.54) is 0 Å². The third kappa shape index (κ3) is 5.29. The summed E-state index contributed by atoms with van der Waals surface area (Å²) in [7, 11) is 2.02. The zero-order valence-electron chi connectivity index (χ0n) is 11.1. The molecule has 0 fully saturated rings. The third-order valence-corrected chi connectivity index (χ3v) is 2.74. The van der Waals surface area contributed by atoms with Gasteiger partial charge in [-0.25, -0.2) is 4.39 Å². The number of halogens is 1. The van der Waals surface area contributed by atoms with E-state index in [9.17, 15) is 4.39 Å². The lowest BCUT2D eigenvalue weighted by molar-refractivity contribution is 0.319. The van der Waals surface area contributed by atoms with Gasteiger partial charge in [-0.2, -0.15) is 0 Å². The fourth-order valence-electron chi connectivity index (χ4n) is 1.77. The molecule has 0 aliphatic heterocycles. The van der Waals surface area contributed by atoms with E-state index < -0.39 is 0 Å². The van der Waals surface area contributed by atoms with Crippen molar-refractivity contribution in [3.8, 4) is 0 Å². The Kier molecular flexibility index (Phi) is 6.16. The molecule has 0 aromatic heterocycles. The fourth-order valence-corrected chi connectivity index (χ4v) is 1.77. The first kappa shape index (κ1) is 14.1. The van der Waals surface area contributed by atoms with Crippen molar-refractivity contribution in [2.45, 2.75) is 26.8 Å². The molecular formula is C14H23FN2. The van der Waals surface area contributed by atoms with Crippen molar-refractivity contribution in [2.75, 3.05) is 26.7 Å². The van der Waals surface area contributed by atoms with E-state index >= 15 is 0 Å². The summed E-state index contributed by atoms with van der Waals surface area (Å²) in [5.74, 6) is -0.107. The molecule has 0 radical (unpaired) electrons. The normalized spacial score (nSPS) is 11.1. The molecule has 0 amide bonds. The second kappa shape index (κ2) is 7.41. The molecule has 1 N–H and O–H groups in total. The summed E-state index contributed by atoms with van der Waals surface area (Å²) >= 11 is 0. The monoisotopic (exact) mass is 238 g/mol. The van der Waals surface area contributed by atoms with E-state index in [2.05, 4.69) is 17.1 Å². The molecule has 0 atom stereocenters. The second-order valence-electron chi connectivity index (χ2n) is 4.58. The second-order valence-corrected chi connectivity index (χ2v) is 4.58. The van der Waals surface area contributed by atoms with Gasteiger partial charge in [0.15, 0.2) is 0 Å². The van der Waals surface area contributed by atoms with Crippen LogP contribution in [0.4, 0.5) is 4.39 Å². The lowest BCUT2D eigenvalue weighted by Gasteiger charge is -2.17. The van der Waals surface area contributed by atoms with Crippen LogP contribution in [0.15, 0.2) is 18.2 Å². The highest BCUT2D eigenvalue weighted by Gasteiger charge is 2.05. The topological polar surface area (TPSA) is 15.3 Å². The van der Waals surface area contributed by atoms with Gasteiger partial charge in [-0.3, -0.25) is 0 Å². The molecule has 0 aliphatic carbocycles. The van der Waals surface area contributed by atoms with E-state index in [1.807, 2.05) is 26.1 Å². The maximum atomic E-state index is 13.5. The summed E-state index contributed by atoms with van der Waals surface area (Å²) < 4.78 is 13.5. The molecule has 2 nitrogen and oxygen atoms in total. The predicted molar refractivity (Wildman–Crippen MR) is 70.6 cm³/mol. The summed E-state index contributed by atoms with van der Waals surface area (Å²) in [6.07, 6.45) is 1.15. The summed E-state index contributed by atoms with van der Waals surface area (Å²) in [4.78, 5) is 2.14. The van der Waals surface area contributed by atoms with Crippen molar-refractivity contribution >= 4 is 0 Å². The molecule has 0 saturated heterocycles. The summed E-state index contributed by atoms with van der Waals surface area (Å²) in [5.41, 5.74) is 1.89. The minimum Gasteiger partial charge on any atom is -0.315 e. The van der Waals surface area contributed by atoms with Crippen LogP contribution < -0.4 is 5.32 Å². The number of nitrogens with one attached hydrogen (secondary N) is 1. The van der Waals surface area contributed by atoms with Gasteiger partial charge >= 0.3 is 0 Å². The largest absolute Gasteiger partial charge is 0.315 e. The highest BCUT2D eigenvalue weighted by atomic mass is 19.1. The van der Waals surface area contributed by atoms with Gasteiger partial charge in [0.2, 0.25) is 0 Å². The van der Waals surface area contributed by atoms with Crippen molar-refractivity contribution in [3.63, 3.8) is 0 Å². The maximum Gasteiger partial charge on any atom is 0.127 e. The van der Waals surface area contributed by atoms with Crippen molar-refractivity contribution < 1.29 is 4.39 Å². The van der Waals surface area contributed by atoms with Crippen LogP contribution in [0.25, 0.3) is 0 Å². The van der Waals surface area contributed by atoms with Crippen LogP contribution in [0.2, 0.25) is 0 Å². The van der Waals surface area contributed by atoms with Crippen LogP contribution in [0.1, 0.15) is 24.5 Å². The number of aryl methyl sites for hydroxylation is 1. The van der Waals surface area contributed by atoms with Gasteiger partial charge in [0, 0.05) is 25.2 Å². The van der Waals surface area contributed by atoms with Crippen LogP contribution in [0, 0.1) is 12.7 Å². The quantitative estimate of drug-likeness (QED) is 0.734. The SMILES string of the molecule is CCCNCCN(C)Cc1cc(C)ccc1F. The predicted octanol–water partition coefficient (Wildman–Crippen LogP) is 2.57. The molecule has 0 bridgehead atoms. The van der Waals surface area contributed by atoms with Gasteiger partial charge in [0.1, 0.15) is 5.82 Å². The van der Waals surface area contributed by atoms with Crippen LogP contribution in [0.3, 0.4) is 0 Å². The minimum absolute atomic E-state index is 0.107. The average molecular weight is 238 g/mol. The molecule has 3 heteroatoms. The van der Waals surface area contributed by atoms with Gasteiger partial charge in [0.25, 0.3) is 0 Å². The molecule has 1 aromatic carbocycles. The van der Waals surface area contributed by atoms with Crippen LogP contribution in [-0.4, -0.2) is 31.6 Å². The molecule has 1 rings (SSSR count). The van der Waals surface area contributed by atoms with E-state index in [4.69, 9.17) is 0 Å². The summed E-state index contributed by atoms with van der Waals surface area (Å²) in [5, 5.41) is 3.34. The molecule has 0 aliphatic rings. The highest BCUT2D eigenvalue weighted by Crippen LogP contribution is 2.11. The average Bonchev–Trinajstić information content (AvgIpc) is 2.29. The first-order valence-corrected chi connectivity index (χ1v) is 6.27. The Morgan fingerprint density at radius 1 is 1.29 bits per heavy atom. The standard InChI is InChI=1S/C14H23FN2/c1-4-7-16-8-9-17(3)11-13-10-12(2)5-6-14(13)15/h5-6,10,16H,4,7-9,11H2,1-3H3. The van der Waals surface area contributed by atoms with Crippen LogP contribution in [0.5, 0.6) is 0 Å². The molecule has 0 heterocycles. The van der Waals surface area contributed by atoms with E-state index in [0.29, 0.717) is 6.54 Å². The number of nitrogens with zero attached hydrogens (tertiary/aromatic N) is 1. The van der Waals surface area contributed by atoms with Crippen molar-refractivity contribution in [1.29, 1.82) is 0 Å². The Bertz CT molecular complexity index is 339. The first-order chi connectivity index (χ1) is 8.13. The maximum absolute atomic E-state index is 13.5. The smallest absolute Gasteiger partial charge is 0.127 e. The first-order valence-electron chi connectivity index (χ1n) is 6.27. The summed E-state index contributed by atoms with van der Waals surface area (Å²) in [6.45, 7) is 7.75. The molecule has 17 heavy (non-hydrogen) atoms. The van der Waals surface area contributed by atoms with Crippen molar-refractivity contribution in [3.05, 3.63) is 35.1 Å². The number of hydrogen-bond acceptors (Lipinski definition) is 2. The zero-order valence-corrected chi connectivity index (χ0v) is 11.1. The molecule has 0 spiro atoms. The Balaban J connectivity index is 2.39. The number of hydrogen-bond donors (Lipinski definition) is 1. The Labute approximate surface area is 104 Å². The Hall–Kier alpha value is -0.930. The van der Waals surface area contributed by atoms with E-state index in [1.54, 1.807) is 6.07 Å². The van der Waals surface area contributed by atoms with E-state index in [-0.39, 0.29) is 5.82 Å². The van der Waals surface area contributed by atoms with Crippen LogP contribution >= 0.6 is 0 Å². The lowest BCUT2D eigenvalue weighted by Crippen LogP contribution is -2.29. The van der Waals surface area contributed by atoms with Crippen molar-refractivity contribution in [1.82, 2.24) is 10.2 Å². The lowest BCUT2D eigenvalue weighted by atomic mass is 10.1. The number of rotatable bonds is 7. The number of benzene rings is 1. The van der Waals surface area contributed by atoms with Gasteiger partial charge in [-0.05, 0) is 33.0 Å². The van der Waals surface area contributed by atoms with Gasteiger partial charge in [-0.1, -0.05) is 24.6 Å². The Morgan fingerprint density at radius 3 is 2.76 bits per heavy atom. The Morgan fingerprint density at radius 2 is 2.06 bits per heavy atom. The van der Waals surface area contributed by atoms with Gasteiger partial charge in [0.05, 0.1) is 0 Å². The highest BCUT2D eigenvalue weighted by molar-refractivity contribution is 5.23. The van der Waals surface area contributed by atoms with E-state index in [0.717, 1.165) is 37.2 Å². The number of likely N-dealkylation sites (N-methyl/N-ethyl adjacent to an activating group) is 1. The fraction of sp³-hybridized carbons (Fsp3) is 0.571. The van der Waals surface area contributed by atoms with Gasteiger partial charge < -0.3 is 10.2 Å². The third-order valence-electron chi connectivity index (χ3n) is 2.74. The molecule has 1 aromatic rings. The summed E-state index contributed by atoms with van der Waals surface area (Å²) in [6, 6.07) is 5.28.